The number of rotatable bonds is 2. The topological polar surface area (TPSA) is 31.4 Å². The summed E-state index contributed by atoms with van der Waals surface area (Å²) in [6, 6.07) is 1.82. The second kappa shape index (κ2) is 4.83. The molecule has 3 nitrogen and oxygen atoms in total. The predicted octanol–water partition coefficient (Wildman–Crippen LogP) is 2.21. The lowest BCUT2D eigenvalue weighted by atomic mass is 9.83. The van der Waals surface area contributed by atoms with Gasteiger partial charge in [0.1, 0.15) is 0 Å². The molecular formula is C14H17BClNO2. The molecule has 0 N–H and O–H groups in total. The van der Waals surface area contributed by atoms with Crippen molar-refractivity contribution in [3.63, 3.8) is 0 Å². The molecule has 2 rings (SSSR count). The van der Waals surface area contributed by atoms with Crippen molar-refractivity contribution >= 4 is 24.3 Å². The fourth-order valence-electron chi connectivity index (χ4n) is 1.87. The van der Waals surface area contributed by atoms with Gasteiger partial charge in [0.2, 0.25) is 0 Å². The maximum absolute atomic E-state index is 6.34. The van der Waals surface area contributed by atoms with Gasteiger partial charge in [0.15, 0.2) is 0 Å². The molecule has 2 heterocycles. The molecule has 0 aromatic carbocycles. The molecule has 0 radical (unpaired) electrons. The zero-order chi connectivity index (χ0) is 14.3. The summed E-state index contributed by atoms with van der Waals surface area (Å²) in [4.78, 5) is 4.28. The van der Waals surface area contributed by atoms with Crippen LogP contribution in [-0.2, 0) is 15.7 Å². The van der Waals surface area contributed by atoms with E-state index in [1.54, 1.807) is 6.20 Å². The van der Waals surface area contributed by atoms with E-state index in [2.05, 4.69) is 10.9 Å². The summed E-state index contributed by atoms with van der Waals surface area (Å²) < 4.78 is 11.9. The minimum Gasteiger partial charge on any atom is -0.398 e. The van der Waals surface area contributed by atoms with Crippen LogP contribution in [0.5, 0.6) is 0 Å². The smallest absolute Gasteiger partial charge is 0.398 e. The van der Waals surface area contributed by atoms with E-state index in [4.69, 9.17) is 27.3 Å². The average molecular weight is 278 g/mol. The van der Waals surface area contributed by atoms with Crippen LogP contribution in [0.4, 0.5) is 0 Å². The van der Waals surface area contributed by atoms with Gasteiger partial charge in [-0.05, 0) is 39.3 Å². The molecular weight excluding hydrogens is 260 g/mol. The van der Waals surface area contributed by atoms with Crippen molar-refractivity contribution in [3.8, 4) is 12.3 Å². The molecule has 0 spiro atoms. The van der Waals surface area contributed by atoms with Gasteiger partial charge in [-0.2, -0.15) is 0 Å². The number of hydrogen-bond acceptors (Lipinski definition) is 3. The SMILES string of the molecule is C#CCc1ccnc(B2OC(C)(C)C(C)(C)O2)c1Cl. The Labute approximate surface area is 119 Å². The van der Waals surface area contributed by atoms with Crippen molar-refractivity contribution < 1.29 is 9.31 Å². The Hall–Kier alpha value is -1.02. The molecule has 1 aliphatic heterocycles. The van der Waals surface area contributed by atoms with Crippen LogP contribution in [-0.4, -0.2) is 23.3 Å². The summed E-state index contributed by atoms with van der Waals surface area (Å²) in [6.07, 6.45) is 7.47. The summed E-state index contributed by atoms with van der Waals surface area (Å²) in [6.45, 7) is 7.97. The summed E-state index contributed by atoms with van der Waals surface area (Å²) in [5.74, 6) is 2.58. The minimum atomic E-state index is -0.560. The van der Waals surface area contributed by atoms with E-state index in [9.17, 15) is 0 Å². The third-order valence-corrected chi connectivity index (χ3v) is 4.20. The lowest BCUT2D eigenvalue weighted by molar-refractivity contribution is 0.00578. The van der Waals surface area contributed by atoms with Gasteiger partial charge in [-0.25, -0.2) is 0 Å². The van der Waals surface area contributed by atoms with E-state index in [1.807, 2.05) is 33.8 Å². The van der Waals surface area contributed by atoms with Gasteiger partial charge in [0.25, 0.3) is 0 Å². The van der Waals surface area contributed by atoms with Crippen molar-refractivity contribution in [2.24, 2.45) is 0 Å². The highest BCUT2D eigenvalue weighted by atomic mass is 35.5. The Morgan fingerprint density at radius 1 is 1.32 bits per heavy atom. The van der Waals surface area contributed by atoms with Gasteiger partial charge in [-0.1, -0.05) is 11.6 Å². The van der Waals surface area contributed by atoms with E-state index in [0.717, 1.165) is 5.56 Å². The Morgan fingerprint density at radius 2 is 1.89 bits per heavy atom. The van der Waals surface area contributed by atoms with E-state index in [0.29, 0.717) is 17.0 Å². The van der Waals surface area contributed by atoms with Gasteiger partial charge in [-0.3, -0.25) is 4.98 Å². The molecule has 100 valence electrons. The second-order valence-electron chi connectivity index (χ2n) is 5.64. The zero-order valence-corrected chi connectivity index (χ0v) is 12.4. The summed E-state index contributed by atoms with van der Waals surface area (Å²) in [7, 11) is -0.560. The van der Waals surface area contributed by atoms with Crippen molar-refractivity contribution in [1.82, 2.24) is 4.98 Å². The largest absolute Gasteiger partial charge is 0.516 e. The Morgan fingerprint density at radius 3 is 2.42 bits per heavy atom. The number of pyridine rings is 1. The molecule has 0 unspecified atom stereocenters. The lowest BCUT2D eigenvalue weighted by Gasteiger charge is -2.32. The first-order valence-electron chi connectivity index (χ1n) is 6.21. The standard InChI is InChI=1S/C14H17BClNO2/c1-6-7-10-8-9-17-12(11(10)16)15-18-13(2,3)14(4,5)19-15/h1,8-9H,7H2,2-5H3. The molecule has 0 amide bonds. The first kappa shape index (κ1) is 14.4. The fourth-order valence-corrected chi connectivity index (χ4v) is 2.14. The summed E-state index contributed by atoms with van der Waals surface area (Å²) >= 11 is 6.34. The van der Waals surface area contributed by atoms with Crippen LogP contribution in [0.2, 0.25) is 5.02 Å². The Bertz CT molecular complexity index is 521. The Kier molecular flexibility index (Phi) is 3.66. The third-order valence-electron chi connectivity index (χ3n) is 3.77. The molecule has 1 fully saturated rings. The van der Waals surface area contributed by atoms with E-state index >= 15 is 0 Å². The highest BCUT2D eigenvalue weighted by Crippen LogP contribution is 2.36. The minimum absolute atomic E-state index is 0.412. The predicted molar refractivity (Wildman–Crippen MR) is 77.5 cm³/mol. The first-order valence-corrected chi connectivity index (χ1v) is 6.58. The molecule has 0 atom stereocenters. The Balaban J connectivity index is 2.35. The maximum Gasteiger partial charge on any atom is 0.516 e. The molecule has 1 saturated heterocycles. The van der Waals surface area contributed by atoms with Crippen LogP contribution < -0.4 is 5.59 Å². The zero-order valence-electron chi connectivity index (χ0n) is 11.7. The highest BCUT2D eigenvalue weighted by molar-refractivity contribution is 6.64. The van der Waals surface area contributed by atoms with Crippen molar-refractivity contribution in [3.05, 3.63) is 22.8 Å². The van der Waals surface area contributed by atoms with Crippen LogP contribution in [0.15, 0.2) is 12.3 Å². The number of hydrogen-bond donors (Lipinski definition) is 0. The molecule has 5 heteroatoms. The molecule has 0 bridgehead atoms. The monoisotopic (exact) mass is 277 g/mol. The van der Waals surface area contributed by atoms with Gasteiger partial charge in [-0.15, -0.1) is 12.3 Å². The first-order chi connectivity index (χ1) is 8.78. The summed E-state index contributed by atoms with van der Waals surface area (Å²) in [5.41, 5.74) is 0.632. The van der Waals surface area contributed by atoms with E-state index in [-0.39, 0.29) is 0 Å². The average Bonchev–Trinajstić information content (AvgIpc) is 2.51. The highest BCUT2D eigenvalue weighted by Gasteiger charge is 2.53. The number of terminal acetylenes is 1. The van der Waals surface area contributed by atoms with Crippen LogP contribution in [0.1, 0.15) is 33.3 Å². The van der Waals surface area contributed by atoms with E-state index in [1.165, 1.54) is 0 Å². The molecule has 1 aliphatic rings. The second-order valence-corrected chi connectivity index (χ2v) is 6.02. The number of nitrogens with zero attached hydrogens (tertiary/aromatic N) is 1. The molecule has 1 aromatic rings. The van der Waals surface area contributed by atoms with Gasteiger partial charge < -0.3 is 9.31 Å². The van der Waals surface area contributed by atoms with E-state index < -0.39 is 18.3 Å². The third kappa shape index (κ3) is 2.51. The fraction of sp³-hybridized carbons (Fsp3) is 0.500. The number of aromatic nitrogens is 1. The molecule has 0 saturated carbocycles. The molecule has 19 heavy (non-hydrogen) atoms. The number of halogens is 1. The van der Waals surface area contributed by atoms with Gasteiger partial charge >= 0.3 is 7.12 Å². The van der Waals surface area contributed by atoms with Crippen LogP contribution in [0.25, 0.3) is 0 Å². The van der Waals surface area contributed by atoms with Crippen LogP contribution in [0.3, 0.4) is 0 Å². The van der Waals surface area contributed by atoms with Crippen LogP contribution >= 0.6 is 11.6 Å². The van der Waals surface area contributed by atoms with Crippen molar-refractivity contribution in [2.45, 2.75) is 45.3 Å². The quantitative estimate of drug-likeness (QED) is 0.613. The lowest BCUT2D eigenvalue weighted by Crippen LogP contribution is -2.41. The van der Waals surface area contributed by atoms with Crippen molar-refractivity contribution in [2.75, 3.05) is 0 Å². The van der Waals surface area contributed by atoms with Gasteiger partial charge in [0.05, 0.1) is 21.8 Å². The maximum atomic E-state index is 6.34. The summed E-state index contributed by atoms with van der Waals surface area (Å²) in [5, 5.41) is 0.527. The molecule has 0 aliphatic carbocycles. The molecule has 1 aromatic heterocycles. The van der Waals surface area contributed by atoms with Crippen molar-refractivity contribution in [1.29, 1.82) is 0 Å². The van der Waals surface area contributed by atoms with Crippen LogP contribution in [0, 0.1) is 12.3 Å². The normalized spacial score (nSPS) is 20.3. The van der Waals surface area contributed by atoms with Gasteiger partial charge in [0, 0.05) is 12.6 Å².